The highest BCUT2D eigenvalue weighted by atomic mass is 16.4. The SMILES string of the molecule is O=C(O)c1ccc(N=Cc2c(O)[nH]c3ccccc23)cc1. The van der Waals surface area contributed by atoms with Gasteiger partial charge in [-0.25, -0.2) is 4.79 Å². The van der Waals surface area contributed by atoms with E-state index in [1.807, 2.05) is 24.3 Å². The Hall–Kier alpha value is -3.08. The van der Waals surface area contributed by atoms with E-state index in [0.717, 1.165) is 10.9 Å². The van der Waals surface area contributed by atoms with Crippen LogP contribution in [0.2, 0.25) is 0 Å². The van der Waals surface area contributed by atoms with Crippen molar-refractivity contribution in [3.8, 4) is 5.88 Å². The van der Waals surface area contributed by atoms with Crippen molar-refractivity contribution in [1.29, 1.82) is 0 Å². The number of carbonyl (C=O) groups is 1. The number of benzene rings is 2. The number of para-hydroxylation sites is 1. The lowest BCUT2D eigenvalue weighted by atomic mass is 10.2. The van der Waals surface area contributed by atoms with Gasteiger partial charge in [-0.2, -0.15) is 0 Å². The van der Waals surface area contributed by atoms with E-state index in [1.54, 1.807) is 18.3 Å². The van der Waals surface area contributed by atoms with Gasteiger partial charge in [0.25, 0.3) is 0 Å². The van der Waals surface area contributed by atoms with Gasteiger partial charge >= 0.3 is 5.97 Å². The van der Waals surface area contributed by atoms with Crippen LogP contribution in [-0.4, -0.2) is 27.4 Å². The minimum Gasteiger partial charge on any atom is -0.494 e. The number of hydrogen-bond acceptors (Lipinski definition) is 3. The Bertz CT molecular complexity index is 832. The Morgan fingerprint density at radius 3 is 2.52 bits per heavy atom. The lowest BCUT2D eigenvalue weighted by Gasteiger charge is -1.96. The van der Waals surface area contributed by atoms with Gasteiger partial charge in [-0.1, -0.05) is 18.2 Å². The van der Waals surface area contributed by atoms with Crippen LogP contribution in [0.25, 0.3) is 10.9 Å². The van der Waals surface area contributed by atoms with Crippen LogP contribution in [0.15, 0.2) is 53.5 Å². The molecule has 0 saturated heterocycles. The lowest BCUT2D eigenvalue weighted by molar-refractivity contribution is 0.0697. The molecule has 2 aromatic carbocycles. The predicted molar refractivity (Wildman–Crippen MR) is 80.6 cm³/mol. The van der Waals surface area contributed by atoms with Crippen LogP contribution in [0.3, 0.4) is 0 Å². The van der Waals surface area contributed by atoms with Gasteiger partial charge in [0, 0.05) is 17.1 Å². The molecular weight excluding hydrogens is 268 g/mol. The number of aromatic amines is 1. The molecule has 5 heteroatoms. The zero-order valence-electron chi connectivity index (χ0n) is 10.9. The number of nitrogens with one attached hydrogen (secondary N) is 1. The molecular formula is C16H12N2O3. The molecule has 21 heavy (non-hydrogen) atoms. The molecule has 3 N–H and O–H groups in total. The number of aromatic carboxylic acids is 1. The Morgan fingerprint density at radius 1 is 1.10 bits per heavy atom. The fraction of sp³-hybridized carbons (Fsp3) is 0. The molecule has 3 aromatic rings. The number of rotatable bonds is 3. The summed E-state index contributed by atoms with van der Waals surface area (Å²) in [5.74, 6) is -0.915. The molecule has 0 amide bonds. The Kier molecular flexibility index (Phi) is 3.16. The van der Waals surface area contributed by atoms with Crippen LogP contribution in [0.1, 0.15) is 15.9 Å². The van der Waals surface area contributed by atoms with E-state index in [0.29, 0.717) is 11.3 Å². The van der Waals surface area contributed by atoms with Gasteiger partial charge in [-0.15, -0.1) is 0 Å². The van der Waals surface area contributed by atoms with Crippen molar-refractivity contribution >= 4 is 28.8 Å². The molecule has 0 bridgehead atoms. The summed E-state index contributed by atoms with van der Waals surface area (Å²) in [5.41, 5.74) is 2.26. The number of nitrogens with zero attached hydrogens (tertiary/aromatic N) is 1. The summed E-state index contributed by atoms with van der Waals surface area (Å²) in [6, 6.07) is 13.7. The Balaban J connectivity index is 1.94. The Labute approximate surface area is 120 Å². The summed E-state index contributed by atoms with van der Waals surface area (Å²) >= 11 is 0. The van der Waals surface area contributed by atoms with E-state index in [2.05, 4.69) is 9.98 Å². The number of aliphatic imine (C=N–C) groups is 1. The quantitative estimate of drug-likeness (QED) is 0.643. The number of fused-ring (bicyclic) bond motifs is 1. The molecule has 0 radical (unpaired) electrons. The van der Waals surface area contributed by atoms with Crippen LogP contribution in [0.5, 0.6) is 5.88 Å². The van der Waals surface area contributed by atoms with Gasteiger partial charge in [0.1, 0.15) is 0 Å². The van der Waals surface area contributed by atoms with Gasteiger partial charge in [-0.05, 0) is 30.3 Å². The van der Waals surface area contributed by atoms with Crippen molar-refractivity contribution in [2.75, 3.05) is 0 Å². The molecule has 0 aliphatic rings. The molecule has 5 nitrogen and oxygen atoms in total. The van der Waals surface area contributed by atoms with E-state index in [1.165, 1.54) is 12.1 Å². The van der Waals surface area contributed by atoms with Crippen LogP contribution < -0.4 is 0 Å². The van der Waals surface area contributed by atoms with Crippen LogP contribution >= 0.6 is 0 Å². The number of carboxylic acid groups (broad SMARTS) is 1. The second-order valence-electron chi connectivity index (χ2n) is 4.54. The molecule has 0 fully saturated rings. The monoisotopic (exact) mass is 280 g/mol. The normalized spacial score (nSPS) is 11.2. The standard InChI is InChI=1S/C16H12N2O3/c19-15-13(12-3-1-2-4-14(12)18-15)9-17-11-7-5-10(6-8-11)16(20)21/h1-9,18-19H,(H,20,21). The summed E-state index contributed by atoms with van der Waals surface area (Å²) in [6.45, 7) is 0. The average Bonchev–Trinajstić information content (AvgIpc) is 2.81. The topological polar surface area (TPSA) is 85.7 Å². The van der Waals surface area contributed by atoms with Crippen molar-refractivity contribution in [1.82, 2.24) is 4.98 Å². The van der Waals surface area contributed by atoms with Crippen molar-refractivity contribution < 1.29 is 15.0 Å². The first-order chi connectivity index (χ1) is 10.1. The van der Waals surface area contributed by atoms with Crippen molar-refractivity contribution in [3.05, 3.63) is 59.7 Å². The predicted octanol–water partition coefficient (Wildman–Crippen LogP) is 3.32. The smallest absolute Gasteiger partial charge is 0.335 e. The number of hydrogen-bond donors (Lipinski definition) is 3. The third kappa shape index (κ3) is 2.49. The van der Waals surface area contributed by atoms with Crippen molar-refractivity contribution in [3.63, 3.8) is 0 Å². The molecule has 0 saturated carbocycles. The van der Waals surface area contributed by atoms with Gasteiger partial charge in [0.15, 0.2) is 5.88 Å². The first-order valence-corrected chi connectivity index (χ1v) is 6.32. The minimum absolute atomic E-state index is 0.0575. The first kappa shape index (κ1) is 12.9. The summed E-state index contributed by atoms with van der Waals surface area (Å²) in [6.07, 6.45) is 1.56. The molecule has 1 aromatic heterocycles. The maximum Gasteiger partial charge on any atom is 0.335 e. The highest BCUT2D eigenvalue weighted by Gasteiger charge is 2.07. The second-order valence-corrected chi connectivity index (χ2v) is 4.54. The van der Waals surface area contributed by atoms with Gasteiger partial charge in [-0.3, -0.25) is 4.99 Å². The van der Waals surface area contributed by atoms with Crippen molar-refractivity contribution in [2.24, 2.45) is 4.99 Å². The van der Waals surface area contributed by atoms with Crippen LogP contribution in [-0.2, 0) is 0 Å². The fourth-order valence-electron chi connectivity index (χ4n) is 2.11. The number of aromatic nitrogens is 1. The largest absolute Gasteiger partial charge is 0.494 e. The Morgan fingerprint density at radius 2 is 1.81 bits per heavy atom. The molecule has 1 heterocycles. The van der Waals surface area contributed by atoms with Gasteiger partial charge < -0.3 is 15.2 Å². The molecule has 0 atom stereocenters. The molecule has 3 rings (SSSR count). The zero-order chi connectivity index (χ0) is 14.8. The average molecular weight is 280 g/mol. The van der Waals surface area contributed by atoms with Crippen molar-refractivity contribution in [2.45, 2.75) is 0 Å². The van der Waals surface area contributed by atoms with Crippen LogP contribution in [0, 0.1) is 0 Å². The maximum absolute atomic E-state index is 10.8. The summed E-state index contributed by atoms with van der Waals surface area (Å²) < 4.78 is 0. The number of H-pyrrole nitrogens is 1. The molecule has 0 unspecified atom stereocenters. The summed E-state index contributed by atoms with van der Waals surface area (Å²) in [5, 5.41) is 19.6. The van der Waals surface area contributed by atoms with Gasteiger partial charge in [0.2, 0.25) is 0 Å². The van der Waals surface area contributed by atoms with Crippen LogP contribution in [0.4, 0.5) is 5.69 Å². The lowest BCUT2D eigenvalue weighted by Crippen LogP contribution is -1.94. The van der Waals surface area contributed by atoms with E-state index >= 15 is 0 Å². The molecule has 0 spiro atoms. The number of aromatic hydroxyl groups is 1. The third-order valence-electron chi connectivity index (χ3n) is 3.18. The van der Waals surface area contributed by atoms with E-state index < -0.39 is 5.97 Å². The van der Waals surface area contributed by atoms with E-state index in [4.69, 9.17) is 5.11 Å². The molecule has 0 aliphatic heterocycles. The zero-order valence-corrected chi connectivity index (χ0v) is 10.9. The third-order valence-corrected chi connectivity index (χ3v) is 3.18. The fourth-order valence-corrected chi connectivity index (χ4v) is 2.11. The summed E-state index contributed by atoms with van der Waals surface area (Å²) in [7, 11) is 0. The minimum atomic E-state index is -0.972. The highest BCUT2D eigenvalue weighted by molar-refractivity contribution is 6.02. The molecule has 0 aliphatic carbocycles. The van der Waals surface area contributed by atoms with E-state index in [-0.39, 0.29) is 11.4 Å². The maximum atomic E-state index is 10.8. The number of carboxylic acids is 1. The molecule has 104 valence electrons. The first-order valence-electron chi connectivity index (χ1n) is 6.32. The van der Waals surface area contributed by atoms with Gasteiger partial charge in [0.05, 0.1) is 16.8 Å². The van der Waals surface area contributed by atoms with E-state index in [9.17, 15) is 9.90 Å². The highest BCUT2D eigenvalue weighted by Crippen LogP contribution is 2.26. The second kappa shape index (κ2) is 5.13. The summed E-state index contributed by atoms with van der Waals surface area (Å²) in [4.78, 5) is 17.9.